The summed E-state index contributed by atoms with van der Waals surface area (Å²) in [4.78, 5) is 24.8. The van der Waals surface area contributed by atoms with Gasteiger partial charge in [-0.2, -0.15) is 0 Å². The monoisotopic (exact) mass is 334 g/mol. The highest BCUT2D eigenvalue weighted by atomic mass is 35.5. The predicted octanol–water partition coefficient (Wildman–Crippen LogP) is 2.88. The Kier molecular flexibility index (Phi) is 3.58. The first-order chi connectivity index (χ1) is 11.1. The van der Waals surface area contributed by atoms with Gasteiger partial charge in [-0.15, -0.1) is 0 Å². The van der Waals surface area contributed by atoms with Gasteiger partial charge in [-0.3, -0.25) is 9.59 Å². The predicted molar refractivity (Wildman–Crippen MR) is 86.6 cm³/mol. The number of amides is 2. The first kappa shape index (κ1) is 15.0. The number of benzene rings is 1. The number of ether oxygens (including phenoxy) is 1. The molecule has 1 saturated carbocycles. The molecule has 0 unspecified atom stereocenters. The first-order valence-corrected chi connectivity index (χ1v) is 8.53. The average molecular weight is 335 g/mol. The van der Waals surface area contributed by atoms with Crippen LogP contribution in [0.2, 0.25) is 5.02 Å². The summed E-state index contributed by atoms with van der Waals surface area (Å²) in [6.07, 6.45) is 5.69. The van der Waals surface area contributed by atoms with Crippen LogP contribution in [0.1, 0.15) is 48.9 Å². The topological polar surface area (TPSA) is 67.4 Å². The fourth-order valence-electron chi connectivity index (χ4n) is 3.41. The third kappa shape index (κ3) is 2.83. The molecule has 23 heavy (non-hydrogen) atoms. The molecule has 3 fully saturated rings. The Morgan fingerprint density at radius 3 is 2.52 bits per heavy atom. The number of carbonyl (C=O) groups is 2. The van der Waals surface area contributed by atoms with Crippen molar-refractivity contribution in [3.63, 3.8) is 0 Å². The smallest absolute Gasteiger partial charge is 0.256 e. The van der Waals surface area contributed by atoms with E-state index in [9.17, 15) is 9.59 Å². The van der Waals surface area contributed by atoms with Crippen molar-refractivity contribution in [1.82, 2.24) is 5.32 Å². The van der Waals surface area contributed by atoms with Crippen LogP contribution in [-0.4, -0.2) is 29.6 Å². The first-order valence-electron chi connectivity index (χ1n) is 8.15. The van der Waals surface area contributed by atoms with Crippen LogP contribution in [0.3, 0.4) is 0 Å². The van der Waals surface area contributed by atoms with Gasteiger partial charge in [-0.25, -0.2) is 0 Å². The van der Waals surface area contributed by atoms with Crippen LogP contribution in [0.4, 0.5) is 5.69 Å². The van der Waals surface area contributed by atoms with Crippen molar-refractivity contribution in [2.45, 2.75) is 56.3 Å². The van der Waals surface area contributed by atoms with E-state index in [0.29, 0.717) is 16.3 Å². The highest BCUT2D eigenvalue weighted by Gasteiger charge is 2.51. The summed E-state index contributed by atoms with van der Waals surface area (Å²) in [7, 11) is 0. The number of hydrogen-bond donors (Lipinski definition) is 2. The Morgan fingerprint density at radius 2 is 1.91 bits per heavy atom. The molecule has 2 amide bonds. The van der Waals surface area contributed by atoms with E-state index in [-0.39, 0.29) is 24.0 Å². The van der Waals surface area contributed by atoms with Gasteiger partial charge in [0.25, 0.3) is 11.8 Å². The molecular weight excluding hydrogens is 316 g/mol. The minimum Gasteiger partial charge on any atom is -0.362 e. The second-order valence-electron chi connectivity index (χ2n) is 6.71. The Hall–Kier alpha value is -1.59. The van der Waals surface area contributed by atoms with Crippen LogP contribution in [0, 0.1) is 0 Å². The van der Waals surface area contributed by atoms with Gasteiger partial charge < -0.3 is 15.4 Å². The Balaban J connectivity index is 1.50. The molecule has 0 atom stereocenters. The van der Waals surface area contributed by atoms with E-state index in [1.54, 1.807) is 18.2 Å². The minimum absolute atomic E-state index is 0.117. The van der Waals surface area contributed by atoms with Gasteiger partial charge in [0.2, 0.25) is 0 Å². The van der Waals surface area contributed by atoms with Crippen LogP contribution in [0.25, 0.3) is 0 Å². The molecule has 122 valence electrons. The molecule has 2 N–H and O–H groups in total. The van der Waals surface area contributed by atoms with E-state index < -0.39 is 5.60 Å². The molecule has 0 aromatic heterocycles. The van der Waals surface area contributed by atoms with Gasteiger partial charge in [0.15, 0.2) is 0 Å². The Labute approximate surface area is 139 Å². The normalized spacial score (nSPS) is 28.7. The molecule has 4 rings (SSSR count). The molecule has 0 radical (unpaired) electrons. The summed E-state index contributed by atoms with van der Waals surface area (Å²) in [5.41, 5.74) is 0.292. The second-order valence-corrected chi connectivity index (χ2v) is 7.12. The zero-order valence-electron chi connectivity index (χ0n) is 12.7. The van der Waals surface area contributed by atoms with Crippen molar-refractivity contribution in [3.05, 3.63) is 28.8 Å². The van der Waals surface area contributed by atoms with Crippen molar-refractivity contribution in [2.24, 2.45) is 0 Å². The fraction of sp³-hybridized carbons (Fsp3) is 0.529. The molecule has 2 bridgehead atoms. The van der Waals surface area contributed by atoms with Crippen molar-refractivity contribution in [2.75, 3.05) is 5.32 Å². The number of anilines is 1. The average Bonchev–Trinajstić information content (AvgIpc) is 3.11. The maximum atomic E-state index is 12.6. The number of carbonyl (C=O) groups excluding carboxylic acids is 2. The molecule has 3 aliphatic rings. The van der Waals surface area contributed by atoms with Crippen LogP contribution >= 0.6 is 11.6 Å². The zero-order chi connectivity index (χ0) is 16.0. The number of halogens is 1. The molecule has 6 heteroatoms. The van der Waals surface area contributed by atoms with Gasteiger partial charge >= 0.3 is 0 Å². The van der Waals surface area contributed by atoms with E-state index in [4.69, 9.17) is 16.3 Å². The van der Waals surface area contributed by atoms with Crippen LogP contribution < -0.4 is 10.6 Å². The summed E-state index contributed by atoms with van der Waals surface area (Å²) in [5, 5.41) is 6.19. The van der Waals surface area contributed by atoms with Gasteiger partial charge in [0.05, 0.1) is 16.7 Å². The van der Waals surface area contributed by atoms with E-state index in [1.807, 2.05) is 0 Å². The summed E-state index contributed by atoms with van der Waals surface area (Å²) < 4.78 is 5.84. The molecule has 1 aliphatic carbocycles. The molecule has 1 aromatic rings. The van der Waals surface area contributed by atoms with Crippen LogP contribution in [-0.2, 0) is 9.53 Å². The van der Waals surface area contributed by atoms with Gasteiger partial charge in [-0.05, 0) is 56.7 Å². The van der Waals surface area contributed by atoms with Crippen LogP contribution in [0.15, 0.2) is 18.2 Å². The SMILES string of the molecule is O=C(NC1CC1)c1cc(NC(=O)C23CCC(CC2)O3)ccc1Cl. The molecule has 2 heterocycles. The standard InChI is InChI=1S/C17H19ClN2O3/c18-14-4-3-11(9-13(14)15(21)19-10-1-2-10)20-16(22)17-7-5-12(23-17)6-8-17/h3-4,9-10,12H,1-2,5-8H2,(H,19,21)(H,20,22). The van der Waals surface area contributed by atoms with Crippen molar-refractivity contribution < 1.29 is 14.3 Å². The largest absolute Gasteiger partial charge is 0.362 e. The van der Waals surface area contributed by atoms with Crippen molar-refractivity contribution >= 4 is 29.1 Å². The molecule has 5 nitrogen and oxygen atoms in total. The molecule has 2 saturated heterocycles. The lowest BCUT2D eigenvalue weighted by molar-refractivity contribution is -0.133. The van der Waals surface area contributed by atoms with E-state index in [0.717, 1.165) is 38.5 Å². The molecule has 1 aromatic carbocycles. The highest BCUT2D eigenvalue weighted by molar-refractivity contribution is 6.34. The van der Waals surface area contributed by atoms with Gasteiger partial charge in [-0.1, -0.05) is 11.6 Å². The maximum absolute atomic E-state index is 12.6. The minimum atomic E-state index is -0.680. The van der Waals surface area contributed by atoms with E-state index >= 15 is 0 Å². The Morgan fingerprint density at radius 1 is 1.17 bits per heavy atom. The second kappa shape index (κ2) is 5.49. The lowest BCUT2D eigenvalue weighted by Crippen LogP contribution is -2.40. The van der Waals surface area contributed by atoms with Gasteiger partial charge in [0, 0.05) is 11.7 Å². The summed E-state index contributed by atoms with van der Waals surface area (Å²) in [6.45, 7) is 0. The lowest BCUT2D eigenvalue weighted by Gasteiger charge is -2.23. The number of rotatable bonds is 4. The zero-order valence-corrected chi connectivity index (χ0v) is 13.5. The lowest BCUT2D eigenvalue weighted by atomic mass is 9.88. The van der Waals surface area contributed by atoms with E-state index in [1.165, 1.54) is 0 Å². The van der Waals surface area contributed by atoms with Crippen LogP contribution in [0.5, 0.6) is 0 Å². The van der Waals surface area contributed by atoms with Crippen molar-refractivity contribution in [3.8, 4) is 0 Å². The van der Waals surface area contributed by atoms with Gasteiger partial charge in [0.1, 0.15) is 5.60 Å². The summed E-state index contributed by atoms with van der Waals surface area (Å²) in [5.74, 6) is -0.307. The third-order valence-corrected chi connectivity index (χ3v) is 5.26. The molecular formula is C17H19ClN2O3. The third-order valence-electron chi connectivity index (χ3n) is 4.93. The summed E-state index contributed by atoms with van der Waals surface area (Å²) in [6, 6.07) is 5.25. The maximum Gasteiger partial charge on any atom is 0.256 e. The fourth-order valence-corrected chi connectivity index (χ4v) is 3.61. The summed E-state index contributed by atoms with van der Waals surface area (Å²) >= 11 is 6.12. The molecule has 2 aliphatic heterocycles. The quantitative estimate of drug-likeness (QED) is 0.889. The molecule has 0 spiro atoms. The highest BCUT2D eigenvalue weighted by Crippen LogP contribution is 2.44. The van der Waals surface area contributed by atoms with E-state index in [2.05, 4.69) is 10.6 Å². The number of fused-ring (bicyclic) bond motifs is 2. The van der Waals surface area contributed by atoms with Crippen molar-refractivity contribution in [1.29, 1.82) is 0 Å². The number of nitrogens with one attached hydrogen (secondary N) is 2. The number of hydrogen-bond acceptors (Lipinski definition) is 3. The Bertz CT molecular complexity index is 664.